The zero-order valence-electron chi connectivity index (χ0n) is 14.0. The number of hydrogen-bond donors (Lipinski definition) is 2. The van der Waals surface area contributed by atoms with Crippen LogP contribution in [0.2, 0.25) is 0 Å². The van der Waals surface area contributed by atoms with Crippen LogP contribution in [0.15, 0.2) is 48.5 Å². The molecule has 1 aliphatic heterocycles. The van der Waals surface area contributed by atoms with E-state index in [-0.39, 0.29) is 17.8 Å². The van der Waals surface area contributed by atoms with Crippen molar-refractivity contribution in [3.05, 3.63) is 65.7 Å². The van der Waals surface area contributed by atoms with Crippen molar-refractivity contribution in [3.63, 3.8) is 0 Å². The van der Waals surface area contributed by atoms with Crippen LogP contribution in [-0.4, -0.2) is 35.1 Å². The van der Waals surface area contributed by atoms with Crippen LogP contribution in [0.3, 0.4) is 0 Å². The molecule has 0 atom stereocenters. The summed E-state index contributed by atoms with van der Waals surface area (Å²) in [6.07, 6.45) is 1.48. The number of piperidine rings is 1. The Morgan fingerprint density at radius 1 is 1.04 bits per heavy atom. The number of carbonyl (C=O) groups is 1. The molecule has 3 rings (SSSR count). The van der Waals surface area contributed by atoms with Crippen molar-refractivity contribution in [2.24, 2.45) is 0 Å². The molecular weight excluding hydrogens is 356 g/mol. The van der Waals surface area contributed by atoms with E-state index < -0.39 is 5.82 Å². The molecule has 1 aliphatic rings. The number of thiocarbonyl (C=S) groups is 1. The van der Waals surface area contributed by atoms with Gasteiger partial charge in [-0.05, 0) is 67.5 Å². The fraction of sp³-hybridized carbons (Fsp3) is 0.263. The Hall–Kier alpha value is -2.54. The van der Waals surface area contributed by atoms with E-state index in [0.717, 1.165) is 18.5 Å². The molecule has 1 saturated heterocycles. The molecule has 0 aromatic heterocycles. The third-order valence-electron chi connectivity index (χ3n) is 4.30. The van der Waals surface area contributed by atoms with Gasteiger partial charge in [0.15, 0.2) is 5.11 Å². The standard InChI is InChI=1S/C19H19F2N3OS/c20-14-4-6-16(7-5-14)23-19(26)24-10-8-17(9-11-24)22-18(25)13-2-1-3-15(21)12-13/h1-7,12,17H,8-11H2,(H,22,25)(H,23,26). The van der Waals surface area contributed by atoms with Crippen LogP contribution in [0.25, 0.3) is 0 Å². The van der Waals surface area contributed by atoms with E-state index in [1.807, 2.05) is 4.90 Å². The van der Waals surface area contributed by atoms with Gasteiger partial charge in [-0.3, -0.25) is 4.79 Å². The predicted molar refractivity (Wildman–Crippen MR) is 101 cm³/mol. The number of anilines is 1. The SMILES string of the molecule is O=C(NC1CCN(C(=S)Nc2ccc(F)cc2)CC1)c1cccc(F)c1. The maximum absolute atomic E-state index is 13.2. The predicted octanol–water partition coefficient (Wildman–Crippen LogP) is 3.56. The average molecular weight is 375 g/mol. The summed E-state index contributed by atoms with van der Waals surface area (Å²) in [5.74, 6) is -0.990. The summed E-state index contributed by atoms with van der Waals surface area (Å²) >= 11 is 5.40. The lowest BCUT2D eigenvalue weighted by atomic mass is 10.0. The van der Waals surface area contributed by atoms with E-state index in [0.29, 0.717) is 23.8 Å². The minimum atomic E-state index is -0.426. The summed E-state index contributed by atoms with van der Waals surface area (Å²) in [5, 5.41) is 6.60. The molecule has 0 unspecified atom stereocenters. The minimum absolute atomic E-state index is 0.0237. The highest BCUT2D eigenvalue weighted by Gasteiger charge is 2.22. The Balaban J connectivity index is 1.48. The number of nitrogens with zero attached hydrogens (tertiary/aromatic N) is 1. The summed E-state index contributed by atoms with van der Waals surface area (Å²) in [5.41, 5.74) is 1.05. The van der Waals surface area contributed by atoms with Crippen LogP contribution >= 0.6 is 12.2 Å². The van der Waals surface area contributed by atoms with Crippen LogP contribution in [0.5, 0.6) is 0 Å². The third kappa shape index (κ3) is 4.76. The van der Waals surface area contributed by atoms with Crippen LogP contribution in [0, 0.1) is 11.6 Å². The second-order valence-electron chi connectivity index (χ2n) is 6.18. The third-order valence-corrected chi connectivity index (χ3v) is 4.66. The quantitative estimate of drug-likeness (QED) is 0.806. The Kier molecular flexibility index (Phi) is 5.78. The van der Waals surface area contributed by atoms with E-state index in [2.05, 4.69) is 10.6 Å². The molecule has 0 bridgehead atoms. The second-order valence-corrected chi connectivity index (χ2v) is 6.57. The molecule has 2 aromatic carbocycles. The van der Waals surface area contributed by atoms with Gasteiger partial charge in [-0.15, -0.1) is 0 Å². The van der Waals surface area contributed by atoms with Crippen LogP contribution < -0.4 is 10.6 Å². The number of amides is 1. The van der Waals surface area contributed by atoms with Crippen molar-refractivity contribution in [1.82, 2.24) is 10.2 Å². The van der Waals surface area contributed by atoms with E-state index in [9.17, 15) is 13.6 Å². The summed E-state index contributed by atoms with van der Waals surface area (Å²) in [4.78, 5) is 14.2. The zero-order valence-corrected chi connectivity index (χ0v) is 14.9. The molecule has 4 nitrogen and oxygen atoms in total. The van der Waals surface area contributed by atoms with Gasteiger partial charge in [-0.1, -0.05) is 6.07 Å². The van der Waals surface area contributed by atoms with E-state index in [1.54, 1.807) is 18.2 Å². The van der Waals surface area contributed by atoms with E-state index >= 15 is 0 Å². The monoisotopic (exact) mass is 375 g/mol. The van der Waals surface area contributed by atoms with Gasteiger partial charge in [0.05, 0.1) is 0 Å². The van der Waals surface area contributed by atoms with E-state index in [4.69, 9.17) is 12.2 Å². The largest absolute Gasteiger partial charge is 0.349 e. The minimum Gasteiger partial charge on any atom is -0.349 e. The Morgan fingerprint density at radius 3 is 2.38 bits per heavy atom. The molecule has 0 spiro atoms. The molecule has 0 aliphatic carbocycles. The molecule has 2 N–H and O–H groups in total. The average Bonchev–Trinajstić information content (AvgIpc) is 2.64. The van der Waals surface area contributed by atoms with Crippen LogP contribution in [0.1, 0.15) is 23.2 Å². The number of likely N-dealkylation sites (tertiary alicyclic amines) is 1. The first-order valence-corrected chi connectivity index (χ1v) is 8.80. The topological polar surface area (TPSA) is 44.4 Å². The molecule has 136 valence electrons. The van der Waals surface area contributed by atoms with Gasteiger partial charge in [0, 0.05) is 30.4 Å². The van der Waals surface area contributed by atoms with Crippen molar-refractivity contribution in [1.29, 1.82) is 0 Å². The maximum Gasteiger partial charge on any atom is 0.251 e. The molecule has 1 fully saturated rings. The fourth-order valence-corrected chi connectivity index (χ4v) is 3.16. The molecule has 7 heteroatoms. The number of rotatable bonds is 3. The van der Waals surface area contributed by atoms with Crippen molar-refractivity contribution in [3.8, 4) is 0 Å². The Bertz CT molecular complexity index is 790. The van der Waals surface area contributed by atoms with Gasteiger partial charge in [-0.25, -0.2) is 8.78 Å². The lowest BCUT2D eigenvalue weighted by molar-refractivity contribution is 0.0922. The number of hydrogen-bond acceptors (Lipinski definition) is 2. The highest BCUT2D eigenvalue weighted by Crippen LogP contribution is 2.15. The first-order valence-electron chi connectivity index (χ1n) is 8.39. The van der Waals surface area contributed by atoms with Gasteiger partial charge < -0.3 is 15.5 Å². The van der Waals surface area contributed by atoms with Gasteiger partial charge in [0.25, 0.3) is 5.91 Å². The number of benzene rings is 2. The van der Waals surface area contributed by atoms with Gasteiger partial charge in [0.2, 0.25) is 0 Å². The maximum atomic E-state index is 13.2. The summed E-state index contributed by atoms with van der Waals surface area (Å²) in [6.45, 7) is 1.39. The van der Waals surface area contributed by atoms with Crippen LogP contribution in [0.4, 0.5) is 14.5 Å². The Labute approximate surface area is 156 Å². The molecule has 1 amide bonds. The highest BCUT2D eigenvalue weighted by molar-refractivity contribution is 7.80. The highest BCUT2D eigenvalue weighted by atomic mass is 32.1. The summed E-state index contributed by atoms with van der Waals surface area (Å²) < 4.78 is 26.2. The molecule has 1 heterocycles. The first-order chi connectivity index (χ1) is 12.5. The smallest absolute Gasteiger partial charge is 0.251 e. The fourth-order valence-electron chi connectivity index (χ4n) is 2.86. The summed E-state index contributed by atoms with van der Waals surface area (Å²) in [6, 6.07) is 11.7. The molecular formula is C19H19F2N3OS. The van der Waals surface area contributed by atoms with Crippen molar-refractivity contribution in [2.45, 2.75) is 18.9 Å². The zero-order chi connectivity index (χ0) is 18.5. The number of halogens is 2. The lowest BCUT2D eigenvalue weighted by Crippen LogP contribution is -2.47. The summed E-state index contributed by atoms with van der Waals surface area (Å²) in [7, 11) is 0. The van der Waals surface area contributed by atoms with Gasteiger partial charge in [-0.2, -0.15) is 0 Å². The molecule has 26 heavy (non-hydrogen) atoms. The van der Waals surface area contributed by atoms with Crippen molar-refractivity contribution in [2.75, 3.05) is 18.4 Å². The Morgan fingerprint density at radius 2 is 1.73 bits per heavy atom. The molecule has 0 saturated carbocycles. The molecule has 2 aromatic rings. The molecule has 0 radical (unpaired) electrons. The first kappa shape index (κ1) is 18.3. The van der Waals surface area contributed by atoms with Crippen LogP contribution in [-0.2, 0) is 0 Å². The van der Waals surface area contributed by atoms with Crippen molar-refractivity contribution < 1.29 is 13.6 Å². The normalized spacial score (nSPS) is 14.8. The second kappa shape index (κ2) is 8.23. The van der Waals surface area contributed by atoms with E-state index in [1.165, 1.54) is 30.3 Å². The number of nitrogens with one attached hydrogen (secondary N) is 2. The van der Waals surface area contributed by atoms with Gasteiger partial charge >= 0.3 is 0 Å². The van der Waals surface area contributed by atoms with Gasteiger partial charge in [0.1, 0.15) is 11.6 Å². The van der Waals surface area contributed by atoms with Crippen molar-refractivity contribution >= 4 is 28.9 Å². The number of carbonyl (C=O) groups excluding carboxylic acids is 1. The lowest BCUT2D eigenvalue weighted by Gasteiger charge is -2.34.